The van der Waals surface area contributed by atoms with Crippen LogP contribution in [0.15, 0.2) is 0 Å². The lowest BCUT2D eigenvalue weighted by molar-refractivity contribution is 0.0439. The topological polar surface area (TPSA) is 33.3 Å². The van der Waals surface area contributed by atoms with Crippen LogP contribution >= 0.6 is 0 Å². The first-order chi connectivity index (χ1) is 5.34. The van der Waals surface area contributed by atoms with Gasteiger partial charge in [-0.15, -0.1) is 0 Å². The Labute approximate surface area is 68.5 Å². The van der Waals surface area contributed by atoms with Crippen LogP contribution in [0.4, 0.5) is 0 Å². The van der Waals surface area contributed by atoms with Crippen molar-refractivity contribution in [2.75, 3.05) is 26.2 Å². The molecule has 0 aromatic carbocycles. The van der Waals surface area contributed by atoms with Gasteiger partial charge in [-0.05, 0) is 13.8 Å². The molecule has 0 aliphatic carbocycles. The van der Waals surface area contributed by atoms with Crippen molar-refractivity contribution < 1.29 is 4.74 Å². The van der Waals surface area contributed by atoms with E-state index in [0.717, 1.165) is 26.2 Å². The molecule has 0 saturated carbocycles. The Hall–Kier alpha value is -0.120. The quantitative estimate of drug-likeness (QED) is 0.605. The first kappa shape index (κ1) is 8.97. The molecule has 2 N–H and O–H groups in total. The van der Waals surface area contributed by atoms with Gasteiger partial charge in [0, 0.05) is 32.3 Å². The van der Waals surface area contributed by atoms with Crippen molar-refractivity contribution in [1.29, 1.82) is 0 Å². The van der Waals surface area contributed by atoms with E-state index < -0.39 is 0 Å². The van der Waals surface area contributed by atoms with E-state index in [4.69, 9.17) is 4.74 Å². The molecule has 0 aromatic rings. The van der Waals surface area contributed by atoms with E-state index in [1.165, 1.54) is 0 Å². The summed E-state index contributed by atoms with van der Waals surface area (Å²) in [4.78, 5) is 0. The summed E-state index contributed by atoms with van der Waals surface area (Å²) in [7, 11) is 0. The molecule has 1 heterocycles. The first-order valence-corrected chi connectivity index (χ1v) is 4.40. The van der Waals surface area contributed by atoms with Gasteiger partial charge in [0.25, 0.3) is 0 Å². The molecule has 1 aliphatic rings. The largest absolute Gasteiger partial charge is 0.377 e. The molecule has 0 amide bonds. The van der Waals surface area contributed by atoms with E-state index in [2.05, 4.69) is 17.6 Å². The molecule has 3 heteroatoms. The zero-order valence-corrected chi connectivity index (χ0v) is 7.39. The van der Waals surface area contributed by atoms with Gasteiger partial charge in [0.2, 0.25) is 0 Å². The maximum Gasteiger partial charge on any atom is 0.0712 e. The number of ether oxygens (including phenoxy) is 1. The first-order valence-electron chi connectivity index (χ1n) is 4.40. The summed E-state index contributed by atoms with van der Waals surface area (Å²) < 4.78 is 5.48. The Balaban J connectivity index is 2.21. The molecule has 0 spiro atoms. The van der Waals surface area contributed by atoms with E-state index in [0.29, 0.717) is 12.1 Å². The second-order valence-electron chi connectivity index (χ2n) is 2.93. The highest BCUT2D eigenvalue weighted by Gasteiger charge is 2.18. The van der Waals surface area contributed by atoms with Crippen molar-refractivity contribution in [3.05, 3.63) is 0 Å². The fourth-order valence-corrected chi connectivity index (χ4v) is 1.39. The molecule has 0 aromatic heterocycles. The third-order valence-electron chi connectivity index (χ3n) is 2.07. The van der Waals surface area contributed by atoms with Crippen LogP contribution < -0.4 is 10.6 Å². The molecular formula is C8H18N2O. The molecule has 1 saturated heterocycles. The number of rotatable bonds is 3. The fraction of sp³-hybridized carbons (Fsp3) is 1.00. The summed E-state index contributed by atoms with van der Waals surface area (Å²) in [5.41, 5.74) is 0. The SMILES string of the molecule is CCOC(C)C1CNCCN1. The Morgan fingerprint density at radius 3 is 2.91 bits per heavy atom. The van der Waals surface area contributed by atoms with E-state index in [9.17, 15) is 0 Å². The average Bonchev–Trinajstić information content (AvgIpc) is 2.07. The minimum atomic E-state index is 0.327. The number of hydrogen-bond acceptors (Lipinski definition) is 3. The van der Waals surface area contributed by atoms with E-state index in [-0.39, 0.29) is 0 Å². The van der Waals surface area contributed by atoms with Crippen LogP contribution in [0.5, 0.6) is 0 Å². The van der Waals surface area contributed by atoms with Gasteiger partial charge in [-0.25, -0.2) is 0 Å². The van der Waals surface area contributed by atoms with Crippen molar-refractivity contribution >= 4 is 0 Å². The van der Waals surface area contributed by atoms with E-state index >= 15 is 0 Å². The van der Waals surface area contributed by atoms with Gasteiger partial charge in [-0.1, -0.05) is 0 Å². The van der Waals surface area contributed by atoms with Gasteiger partial charge >= 0.3 is 0 Å². The van der Waals surface area contributed by atoms with Gasteiger partial charge in [-0.2, -0.15) is 0 Å². The summed E-state index contributed by atoms with van der Waals surface area (Å²) in [5.74, 6) is 0. The normalized spacial score (nSPS) is 28.4. The van der Waals surface area contributed by atoms with E-state index in [1.54, 1.807) is 0 Å². The summed E-state index contributed by atoms with van der Waals surface area (Å²) in [6.45, 7) is 8.12. The van der Waals surface area contributed by atoms with Crippen LogP contribution in [-0.4, -0.2) is 38.4 Å². The molecule has 66 valence electrons. The van der Waals surface area contributed by atoms with Crippen molar-refractivity contribution in [2.45, 2.75) is 26.0 Å². The van der Waals surface area contributed by atoms with Crippen LogP contribution in [0.3, 0.4) is 0 Å². The van der Waals surface area contributed by atoms with Crippen LogP contribution in [0.25, 0.3) is 0 Å². The second-order valence-corrected chi connectivity index (χ2v) is 2.93. The summed E-state index contributed by atoms with van der Waals surface area (Å²) in [6.07, 6.45) is 0.327. The smallest absolute Gasteiger partial charge is 0.0712 e. The predicted octanol–water partition coefficient (Wildman–Crippen LogP) is -0.0272. The lowest BCUT2D eigenvalue weighted by Gasteiger charge is -2.29. The highest BCUT2D eigenvalue weighted by atomic mass is 16.5. The molecule has 1 fully saturated rings. The Kier molecular flexibility index (Phi) is 3.83. The van der Waals surface area contributed by atoms with Crippen LogP contribution in [0.2, 0.25) is 0 Å². The Bertz CT molecular complexity index is 102. The minimum Gasteiger partial charge on any atom is -0.377 e. The third kappa shape index (κ3) is 2.77. The minimum absolute atomic E-state index is 0.327. The maximum atomic E-state index is 5.48. The molecule has 0 radical (unpaired) electrons. The molecule has 2 unspecified atom stereocenters. The molecule has 1 aliphatic heterocycles. The Morgan fingerprint density at radius 2 is 2.36 bits per heavy atom. The van der Waals surface area contributed by atoms with Crippen molar-refractivity contribution in [1.82, 2.24) is 10.6 Å². The van der Waals surface area contributed by atoms with Crippen LogP contribution in [-0.2, 0) is 4.74 Å². The maximum absolute atomic E-state index is 5.48. The van der Waals surface area contributed by atoms with Crippen molar-refractivity contribution in [2.24, 2.45) is 0 Å². The molecule has 11 heavy (non-hydrogen) atoms. The standard InChI is InChI=1S/C8H18N2O/c1-3-11-7(2)8-6-9-4-5-10-8/h7-10H,3-6H2,1-2H3. The monoisotopic (exact) mass is 158 g/mol. The zero-order valence-electron chi connectivity index (χ0n) is 7.39. The van der Waals surface area contributed by atoms with Crippen LogP contribution in [0.1, 0.15) is 13.8 Å². The summed E-state index contributed by atoms with van der Waals surface area (Å²) in [5, 5.41) is 6.75. The lowest BCUT2D eigenvalue weighted by atomic mass is 10.1. The zero-order chi connectivity index (χ0) is 8.10. The van der Waals surface area contributed by atoms with E-state index in [1.807, 2.05) is 6.92 Å². The summed E-state index contributed by atoms with van der Waals surface area (Å²) >= 11 is 0. The van der Waals surface area contributed by atoms with Gasteiger partial charge < -0.3 is 15.4 Å². The van der Waals surface area contributed by atoms with Gasteiger partial charge in [0.1, 0.15) is 0 Å². The highest BCUT2D eigenvalue weighted by molar-refractivity contribution is 4.80. The van der Waals surface area contributed by atoms with Gasteiger partial charge in [0.15, 0.2) is 0 Å². The average molecular weight is 158 g/mol. The lowest BCUT2D eigenvalue weighted by Crippen LogP contribution is -2.53. The molecular weight excluding hydrogens is 140 g/mol. The molecule has 0 bridgehead atoms. The second kappa shape index (κ2) is 4.70. The number of hydrogen-bond donors (Lipinski definition) is 2. The fourth-order valence-electron chi connectivity index (χ4n) is 1.39. The van der Waals surface area contributed by atoms with Crippen molar-refractivity contribution in [3.8, 4) is 0 Å². The highest BCUT2D eigenvalue weighted by Crippen LogP contribution is 1.99. The molecule has 2 atom stereocenters. The number of nitrogens with one attached hydrogen (secondary N) is 2. The van der Waals surface area contributed by atoms with Crippen LogP contribution in [0, 0.1) is 0 Å². The Morgan fingerprint density at radius 1 is 1.55 bits per heavy atom. The molecule has 3 nitrogen and oxygen atoms in total. The van der Waals surface area contributed by atoms with Crippen molar-refractivity contribution in [3.63, 3.8) is 0 Å². The third-order valence-corrected chi connectivity index (χ3v) is 2.07. The van der Waals surface area contributed by atoms with Gasteiger partial charge in [-0.3, -0.25) is 0 Å². The predicted molar refractivity (Wildman–Crippen MR) is 45.7 cm³/mol. The summed E-state index contributed by atoms with van der Waals surface area (Å²) in [6, 6.07) is 0.490. The van der Waals surface area contributed by atoms with Gasteiger partial charge in [0.05, 0.1) is 6.10 Å². The number of piperazine rings is 1. The molecule has 1 rings (SSSR count).